The van der Waals surface area contributed by atoms with Gasteiger partial charge in [-0.1, -0.05) is 29.8 Å². The van der Waals surface area contributed by atoms with Crippen molar-refractivity contribution < 1.29 is 13.0 Å². The summed E-state index contributed by atoms with van der Waals surface area (Å²) in [4.78, 5) is -0.132. The van der Waals surface area contributed by atoms with Crippen LogP contribution in [-0.2, 0) is 16.7 Å². The Morgan fingerprint density at radius 2 is 1.90 bits per heavy atom. The van der Waals surface area contributed by atoms with Crippen LogP contribution < -0.4 is 11.1 Å². The van der Waals surface area contributed by atoms with Crippen LogP contribution in [0, 0.1) is 0 Å². The van der Waals surface area contributed by atoms with Gasteiger partial charge in [0.15, 0.2) is 0 Å². The first-order chi connectivity index (χ1) is 9.38. The number of nitrogen functional groups attached to an aromatic ring is 1. The third-order valence-electron chi connectivity index (χ3n) is 2.71. The second-order valence-corrected chi connectivity index (χ2v) is 5.97. The second-order valence-electron chi connectivity index (χ2n) is 4.18. The number of benzene rings is 2. The van der Waals surface area contributed by atoms with Crippen LogP contribution in [-0.4, -0.2) is 13.0 Å². The molecule has 0 aliphatic carbocycles. The summed E-state index contributed by atoms with van der Waals surface area (Å²) >= 11 is 6.01. The third kappa shape index (κ3) is 3.41. The molecule has 0 aromatic heterocycles. The molecule has 2 aromatic carbocycles. The first-order valence-electron chi connectivity index (χ1n) is 5.72. The third-order valence-corrected chi connectivity index (χ3v) is 3.99. The van der Waals surface area contributed by atoms with Crippen molar-refractivity contribution in [3.63, 3.8) is 0 Å². The van der Waals surface area contributed by atoms with Crippen molar-refractivity contribution in [2.75, 3.05) is 11.1 Å². The molecular weight excluding hydrogens is 300 g/mol. The van der Waals surface area contributed by atoms with Crippen LogP contribution in [0.15, 0.2) is 47.4 Å². The van der Waals surface area contributed by atoms with E-state index in [1.165, 1.54) is 6.07 Å². The molecule has 0 unspecified atom stereocenters. The Bertz CT molecular complexity index is 732. The van der Waals surface area contributed by atoms with E-state index in [2.05, 4.69) is 5.32 Å². The van der Waals surface area contributed by atoms with Gasteiger partial charge < -0.3 is 11.1 Å². The molecule has 0 heterocycles. The Morgan fingerprint density at radius 1 is 1.20 bits per heavy atom. The number of nitrogens with one attached hydrogen (secondary N) is 1. The largest absolute Gasteiger partial charge is 0.399 e. The molecule has 2 aromatic rings. The second kappa shape index (κ2) is 5.70. The topological polar surface area (TPSA) is 92.4 Å². The summed E-state index contributed by atoms with van der Waals surface area (Å²) in [5.74, 6) is 0. The predicted molar refractivity (Wildman–Crippen MR) is 79.4 cm³/mol. The number of halogens is 1. The molecule has 0 amide bonds. The van der Waals surface area contributed by atoms with Gasteiger partial charge in [0.1, 0.15) is 0 Å². The molecule has 106 valence electrons. The maximum atomic E-state index is 11.3. The van der Waals surface area contributed by atoms with E-state index in [1.54, 1.807) is 36.4 Å². The summed E-state index contributed by atoms with van der Waals surface area (Å²) in [5.41, 5.74) is 7.24. The number of nitrogens with two attached hydrogens (primary N) is 1. The van der Waals surface area contributed by atoms with Crippen molar-refractivity contribution in [2.24, 2.45) is 0 Å². The maximum absolute atomic E-state index is 11.3. The van der Waals surface area contributed by atoms with E-state index in [1.807, 2.05) is 0 Å². The smallest absolute Gasteiger partial charge is 0.294 e. The van der Waals surface area contributed by atoms with E-state index in [4.69, 9.17) is 21.9 Å². The molecule has 2 rings (SSSR count). The lowest BCUT2D eigenvalue weighted by molar-refractivity contribution is 0.482. The van der Waals surface area contributed by atoms with E-state index in [0.29, 0.717) is 22.0 Å². The number of hydrogen-bond donors (Lipinski definition) is 3. The van der Waals surface area contributed by atoms with Crippen LogP contribution in [0.5, 0.6) is 0 Å². The lowest BCUT2D eigenvalue weighted by atomic mass is 10.2. The Hall–Kier alpha value is -1.76. The molecule has 0 bridgehead atoms. The van der Waals surface area contributed by atoms with E-state index in [9.17, 15) is 8.42 Å². The molecule has 5 nitrogen and oxygen atoms in total. The molecule has 0 aliphatic rings. The minimum absolute atomic E-state index is 0.132. The van der Waals surface area contributed by atoms with E-state index in [-0.39, 0.29) is 11.4 Å². The van der Waals surface area contributed by atoms with Crippen molar-refractivity contribution in [3.05, 3.63) is 53.1 Å². The average molecular weight is 313 g/mol. The van der Waals surface area contributed by atoms with Gasteiger partial charge in [0.05, 0.1) is 15.6 Å². The van der Waals surface area contributed by atoms with Crippen LogP contribution >= 0.6 is 11.6 Å². The van der Waals surface area contributed by atoms with Gasteiger partial charge in [-0.15, -0.1) is 0 Å². The van der Waals surface area contributed by atoms with Gasteiger partial charge in [0.2, 0.25) is 0 Å². The van der Waals surface area contributed by atoms with Crippen LogP contribution in [0.3, 0.4) is 0 Å². The minimum Gasteiger partial charge on any atom is -0.399 e. The fourth-order valence-corrected chi connectivity index (χ4v) is 2.68. The van der Waals surface area contributed by atoms with Crippen molar-refractivity contribution in [1.82, 2.24) is 0 Å². The molecule has 0 spiro atoms. The SMILES string of the molecule is Nc1ccc(Cl)c(NCc2ccccc2S(=O)(=O)O)c1. The Morgan fingerprint density at radius 3 is 2.60 bits per heavy atom. The molecule has 0 aliphatic heterocycles. The maximum Gasteiger partial charge on any atom is 0.294 e. The summed E-state index contributed by atoms with van der Waals surface area (Å²) in [5, 5.41) is 3.47. The molecular formula is C13H13ClN2O3S. The van der Waals surface area contributed by atoms with Gasteiger partial charge in [0.25, 0.3) is 10.1 Å². The summed E-state index contributed by atoms with van der Waals surface area (Å²) < 4.78 is 31.7. The van der Waals surface area contributed by atoms with Crippen LogP contribution in [0.2, 0.25) is 5.02 Å². The van der Waals surface area contributed by atoms with E-state index < -0.39 is 10.1 Å². The Kier molecular flexibility index (Phi) is 4.17. The lowest BCUT2D eigenvalue weighted by Gasteiger charge is -2.11. The number of rotatable bonds is 4. The molecule has 0 fully saturated rings. The lowest BCUT2D eigenvalue weighted by Crippen LogP contribution is -2.07. The van der Waals surface area contributed by atoms with Crippen LogP contribution in [0.4, 0.5) is 11.4 Å². The van der Waals surface area contributed by atoms with E-state index in [0.717, 1.165) is 0 Å². The molecule has 0 saturated heterocycles. The zero-order valence-corrected chi connectivity index (χ0v) is 11.9. The molecule has 0 radical (unpaired) electrons. The summed E-state index contributed by atoms with van der Waals surface area (Å²) in [6.45, 7) is 0.194. The number of anilines is 2. The van der Waals surface area contributed by atoms with Gasteiger partial charge in [-0.3, -0.25) is 4.55 Å². The highest BCUT2D eigenvalue weighted by atomic mass is 35.5. The molecule has 0 saturated carbocycles. The summed E-state index contributed by atoms with van der Waals surface area (Å²) in [6.07, 6.45) is 0. The van der Waals surface area contributed by atoms with Gasteiger partial charge in [0, 0.05) is 12.2 Å². The monoisotopic (exact) mass is 312 g/mol. The zero-order valence-electron chi connectivity index (χ0n) is 10.4. The van der Waals surface area contributed by atoms with Gasteiger partial charge in [-0.2, -0.15) is 8.42 Å². The number of hydrogen-bond acceptors (Lipinski definition) is 4. The molecule has 0 atom stereocenters. The average Bonchev–Trinajstić information content (AvgIpc) is 2.39. The van der Waals surface area contributed by atoms with Gasteiger partial charge in [-0.25, -0.2) is 0 Å². The Balaban J connectivity index is 2.26. The first kappa shape index (κ1) is 14.6. The highest BCUT2D eigenvalue weighted by Crippen LogP contribution is 2.25. The zero-order chi connectivity index (χ0) is 14.8. The summed E-state index contributed by atoms with van der Waals surface area (Å²) in [7, 11) is -4.25. The van der Waals surface area contributed by atoms with Crippen molar-refractivity contribution in [3.8, 4) is 0 Å². The first-order valence-corrected chi connectivity index (χ1v) is 7.54. The van der Waals surface area contributed by atoms with Crippen molar-refractivity contribution in [1.29, 1.82) is 0 Å². The quantitative estimate of drug-likeness (QED) is 0.596. The highest BCUT2D eigenvalue weighted by molar-refractivity contribution is 7.85. The van der Waals surface area contributed by atoms with Gasteiger partial charge in [-0.05, 0) is 29.8 Å². The van der Waals surface area contributed by atoms with E-state index >= 15 is 0 Å². The van der Waals surface area contributed by atoms with Crippen molar-refractivity contribution in [2.45, 2.75) is 11.4 Å². The fourth-order valence-electron chi connectivity index (χ4n) is 1.77. The standard InChI is InChI=1S/C13H13ClN2O3S/c14-11-6-5-10(15)7-12(11)16-8-9-3-1-2-4-13(9)20(17,18)19/h1-7,16H,8,15H2,(H,17,18,19). The van der Waals surface area contributed by atoms with Crippen LogP contribution in [0.1, 0.15) is 5.56 Å². The minimum atomic E-state index is -4.25. The molecule has 20 heavy (non-hydrogen) atoms. The van der Waals surface area contributed by atoms with Gasteiger partial charge >= 0.3 is 0 Å². The predicted octanol–water partition coefficient (Wildman–Crippen LogP) is 2.78. The fraction of sp³-hybridized carbons (Fsp3) is 0.0769. The molecule has 4 N–H and O–H groups in total. The Labute approximate surface area is 122 Å². The normalized spacial score (nSPS) is 11.3. The summed E-state index contributed by atoms with van der Waals surface area (Å²) in [6, 6.07) is 11.1. The highest BCUT2D eigenvalue weighted by Gasteiger charge is 2.14. The van der Waals surface area contributed by atoms with Crippen molar-refractivity contribution >= 4 is 33.1 Å². The molecule has 7 heteroatoms. The van der Waals surface area contributed by atoms with Crippen LogP contribution in [0.25, 0.3) is 0 Å².